The summed E-state index contributed by atoms with van der Waals surface area (Å²) in [5.41, 5.74) is 2.55. The number of carbonyl (C=O) groups excluding carboxylic acids is 1. The molecule has 0 aliphatic heterocycles. The van der Waals surface area contributed by atoms with Crippen LogP contribution in [0.5, 0.6) is 0 Å². The van der Waals surface area contributed by atoms with E-state index in [1.54, 1.807) is 5.57 Å². The van der Waals surface area contributed by atoms with Crippen LogP contribution in [0.3, 0.4) is 0 Å². The van der Waals surface area contributed by atoms with E-state index >= 15 is 0 Å². The van der Waals surface area contributed by atoms with Crippen molar-refractivity contribution in [2.45, 2.75) is 78.6 Å². The summed E-state index contributed by atoms with van der Waals surface area (Å²) in [6.45, 7) is 7.24. The van der Waals surface area contributed by atoms with Gasteiger partial charge in [0.15, 0.2) is 0 Å². The lowest BCUT2D eigenvalue weighted by atomic mass is 9.47. The highest BCUT2D eigenvalue weighted by atomic mass is 16.1. The van der Waals surface area contributed by atoms with E-state index in [0.29, 0.717) is 28.4 Å². The fourth-order valence-corrected chi connectivity index (χ4v) is 7.28. The highest BCUT2D eigenvalue weighted by Crippen LogP contribution is 2.65. The Morgan fingerprint density at radius 2 is 2.00 bits per heavy atom. The summed E-state index contributed by atoms with van der Waals surface area (Å²) in [4.78, 5) is 12.6. The number of hydrogen-bond donors (Lipinski definition) is 0. The van der Waals surface area contributed by atoms with Gasteiger partial charge in [0.2, 0.25) is 0 Å². The second kappa shape index (κ2) is 4.95. The summed E-state index contributed by atoms with van der Waals surface area (Å²) < 4.78 is 0. The van der Waals surface area contributed by atoms with Crippen LogP contribution in [0.4, 0.5) is 0 Å². The maximum atomic E-state index is 12.6. The van der Waals surface area contributed by atoms with Crippen LogP contribution >= 0.6 is 0 Å². The summed E-state index contributed by atoms with van der Waals surface area (Å²) in [7, 11) is 0. The van der Waals surface area contributed by atoms with E-state index < -0.39 is 0 Å². The molecule has 4 aliphatic carbocycles. The molecule has 6 atom stereocenters. The lowest BCUT2D eigenvalue weighted by molar-refractivity contribution is -0.122. The molecule has 1 heteroatoms. The molecule has 0 unspecified atom stereocenters. The minimum Gasteiger partial charge on any atom is -0.299 e. The number of carbonyl (C=O) groups is 1. The largest absolute Gasteiger partial charge is 0.299 e. The number of allylic oxidation sites excluding steroid dienone is 2. The number of fused-ring (bicyclic) bond motifs is 5. The van der Waals surface area contributed by atoms with Crippen LogP contribution in [0.1, 0.15) is 78.6 Å². The summed E-state index contributed by atoms with van der Waals surface area (Å²) in [5, 5.41) is 0. The van der Waals surface area contributed by atoms with Crippen LogP contribution in [0.2, 0.25) is 0 Å². The van der Waals surface area contributed by atoms with Crippen LogP contribution in [-0.4, -0.2) is 5.78 Å². The van der Waals surface area contributed by atoms with Gasteiger partial charge in [-0.15, -0.1) is 0 Å². The van der Waals surface area contributed by atoms with Crippen molar-refractivity contribution in [3.8, 4) is 0 Å². The molecule has 0 bridgehead atoms. The SMILES string of the molecule is CC[C@H]1C(=O)C[C@H]2[C@@H]3CC=C4CCCC[C@]4(C)[C@H]3CC[C@]12C. The van der Waals surface area contributed by atoms with Gasteiger partial charge in [0.25, 0.3) is 0 Å². The smallest absolute Gasteiger partial charge is 0.136 e. The van der Waals surface area contributed by atoms with Gasteiger partial charge in [0, 0.05) is 12.3 Å². The van der Waals surface area contributed by atoms with E-state index in [2.05, 4.69) is 26.8 Å². The van der Waals surface area contributed by atoms with E-state index in [4.69, 9.17) is 0 Å². The molecular weight excluding hydrogens is 268 g/mol. The van der Waals surface area contributed by atoms with Gasteiger partial charge in [0.1, 0.15) is 5.78 Å². The van der Waals surface area contributed by atoms with E-state index in [-0.39, 0.29) is 0 Å². The molecule has 0 amide bonds. The average molecular weight is 300 g/mol. The molecule has 0 N–H and O–H groups in total. The van der Waals surface area contributed by atoms with Crippen molar-refractivity contribution in [3.63, 3.8) is 0 Å². The van der Waals surface area contributed by atoms with Crippen LogP contribution in [0.25, 0.3) is 0 Å². The molecule has 4 aliphatic rings. The van der Waals surface area contributed by atoms with E-state index in [0.717, 1.165) is 24.7 Å². The van der Waals surface area contributed by atoms with Crippen molar-refractivity contribution in [2.24, 2.45) is 34.5 Å². The molecule has 0 saturated heterocycles. The zero-order valence-electron chi connectivity index (χ0n) is 14.7. The van der Waals surface area contributed by atoms with Gasteiger partial charge in [-0.25, -0.2) is 0 Å². The first-order valence-electron chi connectivity index (χ1n) is 9.73. The molecule has 0 aromatic carbocycles. The van der Waals surface area contributed by atoms with Gasteiger partial charge in [-0.2, -0.15) is 0 Å². The Morgan fingerprint density at radius 3 is 2.77 bits per heavy atom. The minimum absolute atomic E-state index is 0.309. The standard InChI is InChI=1S/C21H32O/c1-4-16-19(22)13-18-15-9-8-14-7-5-6-11-20(14,2)17(15)10-12-21(16,18)3/h8,15-18H,4-7,9-13H2,1-3H3/t15-,16+,17+,18+,20+,21-/m1/s1. The summed E-state index contributed by atoms with van der Waals surface area (Å²) >= 11 is 0. The van der Waals surface area contributed by atoms with E-state index in [1.807, 2.05) is 0 Å². The normalized spacial score (nSPS) is 50.9. The highest BCUT2D eigenvalue weighted by Gasteiger charge is 2.60. The number of rotatable bonds is 1. The monoisotopic (exact) mass is 300 g/mol. The Balaban J connectivity index is 1.70. The van der Waals surface area contributed by atoms with Crippen molar-refractivity contribution in [1.82, 2.24) is 0 Å². The summed E-state index contributed by atoms with van der Waals surface area (Å²) in [6.07, 6.45) is 14.0. The van der Waals surface area contributed by atoms with Gasteiger partial charge in [0.05, 0.1) is 0 Å². The molecule has 0 aromatic heterocycles. The second-order valence-corrected chi connectivity index (χ2v) is 9.14. The Labute approximate surface area is 135 Å². The van der Waals surface area contributed by atoms with Crippen molar-refractivity contribution in [3.05, 3.63) is 11.6 Å². The van der Waals surface area contributed by atoms with Gasteiger partial charge in [-0.3, -0.25) is 4.79 Å². The molecule has 0 heterocycles. The highest BCUT2D eigenvalue weighted by molar-refractivity contribution is 5.84. The Hall–Kier alpha value is -0.590. The number of hydrogen-bond acceptors (Lipinski definition) is 1. The van der Waals surface area contributed by atoms with Crippen LogP contribution in [0, 0.1) is 34.5 Å². The predicted octanol–water partition coefficient (Wildman–Crippen LogP) is 5.54. The quantitative estimate of drug-likeness (QED) is 0.581. The van der Waals surface area contributed by atoms with Crippen LogP contribution in [0.15, 0.2) is 11.6 Å². The summed E-state index contributed by atoms with van der Waals surface area (Å²) in [5.74, 6) is 3.24. The first-order valence-corrected chi connectivity index (χ1v) is 9.73. The molecule has 1 nitrogen and oxygen atoms in total. The minimum atomic E-state index is 0.309. The maximum absolute atomic E-state index is 12.6. The molecular formula is C21H32O. The van der Waals surface area contributed by atoms with Crippen molar-refractivity contribution in [2.75, 3.05) is 0 Å². The molecule has 4 rings (SSSR count). The Bertz CT molecular complexity index is 518. The first-order chi connectivity index (χ1) is 10.5. The molecule has 0 spiro atoms. The summed E-state index contributed by atoms with van der Waals surface area (Å²) in [6, 6.07) is 0. The third-order valence-electron chi connectivity index (χ3n) is 8.47. The molecule has 3 saturated carbocycles. The van der Waals surface area contributed by atoms with Crippen LogP contribution in [-0.2, 0) is 4.79 Å². The van der Waals surface area contributed by atoms with Crippen molar-refractivity contribution in [1.29, 1.82) is 0 Å². The lowest BCUT2D eigenvalue weighted by Gasteiger charge is -2.57. The third-order valence-corrected chi connectivity index (χ3v) is 8.47. The number of ketones is 1. The lowest BCUT2D eigenvalue weighted by Crippen LogP contribution is -2.49. The maximum Gasteiger partial charge on any atom is 0.136 e. The van der Waals surface area contributed by atoms with E-state index in [1.165, 1.54) is 44.9 Å². The van der Waals surface area contributed by atoms with Crippen LogP contribution < -0.4 is 0 Å². The Morgan fingerprint density at radius 1 is 1.18 bits per heavy atom. The van der Waals surface area contributed by atoms with Gasteiger partial charge >= 0.3 is 0 Å². The molecule has 0 radical (unpaired) electrons. The number of Topliss-reactive ketones (excluding diaryl/α,β-unsaturated/α-hetero) is 1. The van der Waals surface area contributed by atoms with Crippen molar-refractivity contribution >= 4 is 5.78 Å². The Kier molecular flexibility index (Phi) is 3.37. The average Bonchev–Trinajstić information content (AvgIpc) is 2.76. The topological polar surface area (TPSA) is 17.1 Å². The second-order valence-electron chi connectivity index (χ2n) is 9.14. The predicted molar refractivity (Wildman–Crippen MR) is 90.5 cm³/mol. The zero-order chi connectivity index (χ0) is 15.5. The molecule has 22 heavy (non-hydrogen) atoms. The zero-order valence-corrected chi connectivity index (χ0v) is 14.7. The fourth-order valence-electron chi connectivity index (χ4n) is 7.28. The van der Waals surface area contributed by atoms with E-state index in [9.17, 15) is 4.79 Å². The molecule has 3 fully saturated rings. The first kappa shape index (κ1) is 15.0. The fraction of sp³-hybridized carbons (Fsp3) is 0.857. The van der Waals surface area contributed by atoms with Gasteiger partial charge in [-0.05, 0) is 73.5 Å². The van der Waals surface area contributed by atoms with Crippen molar-refractivity contribution < 1.29 is 4.79 Å². The molecule has 0 aromatic rings. The van der Waals surface area contributed by atoms with Gasteiger partial charge in [-0.1, -0.05) is 38.8 Å². The van der Waals surface area contributed by atoms with Gasteiger partial charge < -0.3 is 0 Å². The third kappa shape index (κ3) is 1.80. The molecule has 122 valence electrons.